The SMILES string of the molecule is CC=CC(=O)O.c1ccc2ccccc2c1. The molecule has 0 aliphatic rings. The maximum Gasteiger partial charge on any atom is 0.327 e. The summed E-state index contributed by atoms with van der Waals surface area (Å²) in [5.41, 5.74) is 0. The molecule has 1 N–H and O–H groups in total. The number of hydrogen-bond acceptors (Lipinski definition) is 1. The van der Waals surface area contributed by atoms with Crippen LogP contribution in [-0.2, 0) is 4.79 Å². The molecule has 0 amide bonds. The number of rotatable bonds is 1. The lowest BCUT2D eigenvalue weighted by Gasteiger charge is -1.92. The maximum absolute atomic E-state index is 9.51. The van der Waals surface area contributed by atoms with E-state index >= 15 is 0 Å². The van der Waals surface area contributed by atoms with Crippen LogP contribution in [0.3, 0.4) is 0 Å². The normalized spacial score (nSPS) is 9.81. The van der Waals surface area contributed by atoms with E-state index in [9.17, 15) is 4.79 Å². The minimum Gasteiger partial charge on any atom is -0.478 e. The first-order valence-electron chi connectivity index (χ1n) is 5.03. The highest BCUT2D eigenvalue weighted by molar-refractivity contribution is 5.82. The molecule has 2 aromatic rings. The molecule has 0 aromatic heterocycles. The molecule has 0 unspecified atom stereocenters. The Balaban J connectivity index is 0.000000187. The summed E-state index contributed by atoms with van der Waals surface area (Å²) >= 11 is 0. The van der Waals surface area contributed by atoms with Gasteiger partial charge in [0.15, 0.2) is 0 Å². The van der Waals surface area contributed by atoms with Crippen molar-refractivity contribution in [2.24, 2.45) is 0 Å². The summed E-state index contributed by atoms with van der Waals surface area (Å²) in [6.45, 7) is 1.66. The molecule has 2 heteroatoms. The number of allylic oxidation sites excluding steroid dienone is 1. The van der Waals surface area contributed by atoms with E-state index in [1.165, 1.54) is 16.8 Å². The van der Waals surface area contributed by atoms with Crippen molar-refractivity contribution in [2.75, 3.05) is 0 Å². The van der Waals surface area contributed by atoms with Gasteiger partial charge in [-0.1, -0.05) is 54.6 Å². The Morgan fingerprint density at radius 1 is 1.00 bits per heavy atom. The molecule has 0 saturated carbocycles. The van der Waals surface area contributed by atoms with Crippen LogP contribution in [0.15, 0.2) is 60.7 Å². The van der Waals surface area contributed by atoms with Crippen LogP contribution in [0.2, 0.25) is 0 Å². The number of hydrogen-bond donors (Lipinski definition) is 1. The fraction of sp³-hybridized carbons (Fsp3) is 0.0714. The molecule has 0 radical (unpaired) electrons. The topological polar surface area (TPSA) is 37.3 Å². The summed E-state index contributed by atoms with van der Waals surface area (Å²) in [6, 6.07) is 16.7. The van der Waals surface area contributed by atoms with Gasteiger partial charge in [-0.15, -0.1) is 0 Å². The molecular formula is C14H14O2. The molecule has 16 heavy (non-hydrogen) atoms. The van der Waals surface area contributed by atoms with E-state index in [0.717, 1.165) is 6.08 Å². The first-order chi connectivity index (χ1) is 7.74. The lowest BCUT2D eigenvalue weighted by atomic mass is 10.1. The molecule has 2 aromatic carbocycles. The summed E-state index contributed by atoms with van der Waals surface area (Å²) in [4.78, 5) is 9.51. The number of carboxylic acids is 1. The Labute approximate surface area is 94.8 Å². The first-order valence-corrected chi connectivity index (χ1v) is 5.03. The fourth-order valence-corrected chi connectivity index (χ4v) is 1.28. The van der Waals surface area contributed by atoms with Crippen LogP contribution in [0.25, 0.3) is 10.8 Å². The van der Waals surface area contributed by atoms with Crippen LogP contribution in [0.1, 0.15) is 6.92 Å². The van der Waals surface area contributed by atoms with Crippen molar-refractivity contribution in [2.45, 2.75) is 6.92 Å². The smallest absolute Gasteiger partial charge is 0.327 e. The van der Waals surface area contributed by atoms with Crippen molar-refractivity contribution in [1.82, 2.24) is 0 Å². The molecule has 2 rings (SSSR count). The van der Waals surface area contributed by atoms with Gasteiger partial charge in [0, 0.05) is 6.08 Å². The third-order valence-corrected chi connectivity index (χ3v) is 1.97. The Morgan fingerprint density at radius 3 is 1.56 bits per heavy atom. The maximum atomic E-state index is 9.51. The lowest BCUT2D eigenvalue weighted by molar-refractivity contribution is -0.131. The van der Waals surface area contributed by atoms with Gasteiger partial charge in [-0.2, -0.15) is 0 Å². The van der Waals surface area contributed by atoms with E-state index in [-0.39, 0.29) is 0 Å². The summed E-state index contributed by atoms with van der Waals surface area (Å²) in [6.07, 6.45) is 2.56. The van der Waals surface area contributed by atoms with E-state index in [0.29, 0.717) is 0 Å². The molecule has 0 aliphatic heterocycles. The third kappa shape index (κ3) is 3.96. The molecule has 0 spiro atoms. The van der Waals surface area contributed by atoms with Gasteiger partial charge in [0.2, 0.25) is 0 Å². The Hall–Kier alpha value is -2.09. The van der Waals surface area contributed by atoms with Gasteiger partial charge in [-0.3, -0.25) is 0 Å². The second kappa shape index (κ2) is 6.40. The van der Waals surface area contributed by atoms with Crippen LogP contribution in [-0.4, -0.2) is 11.1 Å². The van der Waals surface area contributed by atoms with Crippen molar-refractivity contribution in [3.8, 4) is 0 Å². The molecule has 2 nitrogen and oxygen atoms in total. The molecular weight excluding hydrogens is 200 g/mol. The van der Waals surface area contributed by atoms with Gasteiger partial charge in [-0.25, -0.2) is 4.79 Å². The Kier molecular flexibility index (Phi) is 4.80. The van der Waals surface area contributed by atoms with Crippen LogP contribution in [0.5, 0.6) is 0 Å². The van der Waals surface area contributed by atoms with Gasteiger partial charge >= 0.3 is 5.97 Å². The van der Waals surface area contributed by atoms with Gasteiger partial charge in [0.25, 0.3) is 0 Å². The largest absolute Gasteiger partial charge is 0.478 e. The molecule has 0 atom stereocenters. The average molecular weight is 214 g/mol. The summed E-state index contributed by atoms with van der Waals surface area (Å²) < 4.78 is 0. The fourth-order valence-electron chi connectivity index (χ4n) is 1.28. The van der Waals surface area contributed by atoms with Gasteiger partial charge in [-0.05, 0) is 17.7 Å². The summed E-state index contributed by atoms with van der Waals surface area (Å²) in [7, 11) is 0. The number of benzene rings is 2. The van der Waals surface area contributed by atoms with E-state index in [1.54, 1.807) is 6.92 Å². The molecule has 0 heterocycles. The molecule has 0 saturated heterocycles. The molecule has 82 valence electrons. The van der Waals surface area contributed by atoms with Crippen molar-refractivity contribution < 1.29 is 9.90 Å². The predicted molar refractivity (Wildman–Crippen MR) is 66.4 cm³/mol. The zero-order valence-electron chi connectivity index (χ0n) is 9.13. The minimum absolute atomic E-state index is 0.891. The van der Waals surface area contributed by atoms with Crippen molar-refractivity contribution in [3.05, 3.63) is 60.7 Å². The highest BCUT2D eigenvalue weighted by Gasteiger charge is 1.85. The second-order valence-corrected chi connectivity index (χ2v) is 3.19. The van der Waals surface area contributed by atoms with Gasteiger partial charge < -0.3 is 5.11 Å². The van der Waals surface area contributed by atoms with Gasteiger partial charge in [0.1, 0.15) is 0 Å². The standard InChI is InChI=1S/C10H8.C4H6O2/c1-2-6-10-8-4-3-7-9(10)5-1;1-2-3-4(5)6/h1-8H;2-3H,1H3,(H,5,6). The van der Waals surface area contributed by atoms with Crippen LogP contribution < -0.4 is 0 Å². The van der Waals surface area contributed by atoms with E-state index in [4.69, 9.17) is 5.11 Å². The first kappa shape index (κ1) is 12.0. The number of carboxylic acid groups (broad SMARTS) is 1. The predicted octanol–water partition coefficient (Wildman–Crippen LogP) is 3.49. The Morgan fingerprint density at radius 2 is 1.38 bits per heavy atom. The summed E-state index contributed by atoms with van der Waals surface area (Å²) in [5.74, 6) is -0.891. The second-order valence-electron chi connectivity index (χ2n) is 3.19. The van der Waals surface area contributed by atoms with E-state index in [1.807, 2.05) is 0 Å². The highest BCUT2D eigenvalue weighted by atomic mass is 16.4. The number of fused-ring (bicyclic) bond motifs is 1. The molecule has 0 bridgehead atoms. The highest BCUT2D eigenvalue weighted by Crippen LogP contribution is 2.11. The van der Waals surface area contributed by atoms with Crippen LogP contribution in [0, 0.1) is 0 Å². The lowest BCUT2D eigenvalue weighted by Crippen LogP contribution is -1.83. The number of aliphatic carboxylic acids is 1. The van der Waals surface area contributed by atoms with Crippen molar-refractivity contribution in [3.63, 3.8) is 0 Å². The minimum atomic E-state index is -0.891. The Bertz CT molecular complexity index is 421. The average Bonchev–Trinajstić information content (AvgIpc) is 2.30. The molecule has 0 aliphatic carbocycles. The monoisotopic (exact) mass is 214 g/mol. The third-order valence-electron chi connectivity index (χ3n) is 1.97. The zero-order valence-corrected chi connectivity index (χ0v) is 9.13. The van der Waals surface area contributed by atoms with Gasteiger partial charge in [0.05, 0.1) is 0 Å². The van der Waals surface area contributed by atoms with E-state index < -0.39 is 5.97 Å². The van der Waals surface area contributed by atoms with Crippen LogP contribution in [0.4, 0.5) is 0 Å². The van der Waals surface area contributed by atoms with Crippen molar-refractivity contribution in [1.29, 1.82) is 0 Å². The number of carbonyl (C=O) groups is 1. The van der Waals surface area contributed by atoms with Crippen molar-refractivity contribution >= 4 is 16.7 Å². The summed E-state index contributed by atoms with van der Waals surface area (Å²) in [5, 5.41) is 10.4. The zero-order chi connectivity index (χ0) is 11.8. The van der Waals surface area contributed by atoms with E-state index in [2.05, 4.69) is 48.5 Å². The molecule has 0 fully saturated rings. The van der Waals surface area contributed by atoms with Crippen LogP contribution >= 0.6 is 0 Å². The quantitative estimate of drug-likeness (QED) is 0.738.